The Kier molecular flexibility index (Phi) is 6.15. The molecule has 0 saturated carbocycles. The van der Waals surface area contributed by atoms with Crippen molar-refractivity contribution in [1.82, 2.24) is 19.7 Å². The van der Waals surface area contributed by atoms with Crippen LogP contribution in [0.3, 0.4) is 0 Å². The van der Waals surface area contributed by atoms with Crippen molar-refractivity contribution >= 4 is 34.4 Å². The number of aryl methyl sites for hydroxylation is 1. The van der Waals surface area contributed by atoms with Crippen LogP contribution >= 0.6 is 11.8 Å². The second-order valence-electron chi connectivity index (χ2n) is 8.18. The molecule has 1 atom stereocenters. The number of ether oxygens (including phenoxy) is 1. The zero-order valence-corrected chi connectivity index (χ0v) is 18.8. The molecule has 1 saturated heterocycles. The van der Waals surface area contributed by atoms with Crippen LogP contribution in [0.15, 0.2) is 29.4 Å². The quantitative estimate of drug-likeness (QED) is 0.455. The Labute approximate surface area is 181 Å². The van der Waals surface area contributed by atoms with Crippen LogP contribution in [0.1, 0.15) is 36.8 Å². The summed E-state index contributed by atoms with van der Waals surface area (Å²) in [5.41, 5.74) is 2.67. The van der Waals surface area contributed by atoms with Crippen molar-refractivity contribution in [2.45, 2.75) is 44.6 Å². The Hall–Kier alpha value is -2.32. The molecule has 3 heterocycles. The van der Waals surface area contributed by atoms with Gasteiger partial charge in [0.2, 0.25) is 5.95 Å². The predicted octanol–water partition coefficient (Wildman–Crippen LogP) is 3.92. The Morgan fingerprint density at radius 2 is 1.93 bits per heavy atom. The molecule has 1 N–H and O–H groups in total. The lowest BCUT2D eigenvalue weighted by molar-refractivity contribution is 0.0995. The highest BCUT2D eigenvalue weighted by atomic mass is 32.2. The molecule has 0 unspecified atom stereocenters. The number of nitrogens with one attached hydrogen (secondary N) is 1. The van der Waals surface area contributed by atoms with Crippen LogP contribution in [-0.4, -0.2) is 57.1 Å². The van der Waals surface area contributed by atoms with Crippen LogP contribution in [0, 0.1) is 12.8 Å². The van der Waals surface area contributed by atoms with Gasteiger partial charge in [0.05, 0.1) is 18.5 Å². The fourth-order valence-electron chi connectivity index (χ4n) is 3.90. The number of anilines is 1. The Bertz CT molecular complexity index is 1040. The zero-order chi connectivity index (χ0) is 21.3. The molecule has 2 aromatic heterocycles. The standard InChI is InChI=1S/C22H29N5O2S/c1-14(2)13-27-21(26-9-11-29-12-10-26)24-25-22(27)30-16(4)20(28)19-15(3)23-18-8-6-5-7-17(18)19/h5-8,14,16,23H,9-13H2,1-4H3/t16-/m0/s1. The molecule has 3 aromatic rings. The van der Waals surface area contributed by atoms with Crippen LogP contribution in [0.5, 0.6) is 0 Å². The van der Waals surface area contributed by atoms with E-state index in [1.807, 2.05) is 38.1 Å². The highest BCUT2D eigenvalue weighted by molar-refractivity contribution is 8.00. The van der Waals surface area contributed by atoms with Crippen molar-refractivity contribution in [2.75, 3.05) is 31.2 Å². The lowest BCUT2D eigenvalue weighted by atomic mass is 10.1. The predicted molar refractivity (Wildman–Crippen MR) is 121 cm³/mol. The third-order valence-corrected chi connectivity index (χ3v) is 6.41. The number of carbonyl (C=O) groups is 1. The zero-order valence-electron chi connectivity index (χ0n) is 18.0. The number of H-pyrrole nitrogens is 1. The van der Waals surface area contributed by atoms with Gasteiger partial charge < -0.3 is 14.6 Å². The Morgan fingerprint density at radius 3 is 2.67 bits per heavy atom. The number of fused-ring (bicyclic) bond motifs is 1. The third kappa shape index (κ3) is 4.11. The molecule has 1 aliphatic rings. The summed E-state index contributed by atoms with van der Waals surface area (Å²) in [4.78, 5) is 18.9. The van der Waals surface area contributed by atoms with Gasteiger partial charge in [0.25, 0.3) is 0 Å². The number of Topliss-reactive ketones (excluding diaryl/α,β-unsaturated/α-hetero) is 1. The first-order valence-electron chi connectivity index (χ1n) is 10.5. The monoisotopic (exact) mass is 427 g/mol. The Morgan fingerprint density at radius 1 is 1.20 bits per heavy atom. The summed E-state index contributed by atoms with van der Waals surface area (Å²) >= 11 is 1.49. The van der Waals surface area contributed by atoms with Crippen LogP contribution in [0.25, 0.3) is 10.9 Å². The lowest BCUT2D eigenvalue weighted by Gasteiger charge is -2.28. The second-order valence-corrected chi connectivity index (χ2v) is 9.49. The fourth-order valence-corrected chi connectivity index (χ4v) is 4.81. The number of hydrogen-bond acceptors (Lipinski definition) is 6. The van der Waals surface area contributed by atoms with Crippen molar-refractivity contribution in [2.24, 2.45) is 5.92 Å². The number of morpholine rings is 1. The normalized spacial score (nSPS) is 15.8. The van der Waals surface area contributed by atoms with Crippen LogP contribution in [-0.2, 0) is 11.3 Å². The van der Waals surface area contributed by atoms with Gasteiger partial charge in [-0.3, -0.25) is 9.36 Å². The first-order valence-corrected chi connectivity index (χ1v) is 11.4. The minimum Gasteiger partial charge on any atom is -0.378 e. The molecule has 0 spiro atoms. The molecule has 0 aliphatic carbocycles. The topological polar surface area (TPSA) is 76.0 Å². The molecular weight excluding hydrogens is 398 g/mol. The number of aromatic nitrogens is 4. The van der Waals surface area contributed by atoms with Crippen LogP contribution in [0.2, 0.25) is 0 Å². The average Bonchev–Trinajstić information content (AvgIpc) is 3.27. The highest BCUT2D eigenvalue weighted by Gasteiger charge is 2.26. The number of rotatable bonds is 7. The van der Waals surface area contributed by atoms with Gasteiger partial charge in [-0.05, 0) is 25.8 Å². The summed E-state index contributed by atoms with van der Waals surface area (Å²) in [6.07, 6.45) is 0. The van der Waals surface area contributed by atoms with Crippen molar-refractivity contribution in [3.05, 3.63) is 35.5 Å². The molecule has 160 valence electrons. The summed E-state index contributed by atoms with van der Waals surface area (Å²) < 4.78 is 7.64. The first-order chi connectivity index (χ1) is 14.5. The van der Waals surface area contributed by atoms with E-state index in [1.165, 1.54) is 11.8 Å². The van der Waals surface area contributed by atoms with E-state index in [2.05, 4.69) is 38.5 Å². The maximum absolute atomic E-state index is 13.4. The number of nitrogens with zero attached hydrogens (tertiary/aromatic N) is 4. The van der Waals surface area contributed by atoms with E-state index in [0.29, 0.717) is 19.1 Å². The summed E-state index contributed by atoms with van der Waals surface area (Å²) in [6, 6.07) is 7.95. The van der Waals surface area contributed by atoms with E-state index in [9.17, 15) is 4.79 Å². The second kappa shape index (κ2) is 8.81. The largest absolute Gasteiger partial charge is 0.378 e. The number of para-hydroxylation sites is 1. The molecule has 0 bridgehead atoms. The fraction of sp³-hybridized carbons (Fsp3) is 0.500. The molecule has 8 heteroatoms. The lowest BCUT2D eigenvalue weighted by Crippen LogP contribution is -2.38. The highest BCUT2D eigenvalue weighted by Crippen LogP contribution is 2.31. The van der Waals surface area contributed by atoms with Crippen molar-refractivity contribution in [3.63, 3.8) is 0 Å². The van der Waals surface area contributed by atoms with Gasteiger partial charge >= 0.3 is 0 Å². The number of benzene rings is 1. The van der Waals surface area contributed by atoms with Gasteiger partial charge in [-0.2, -0.15) is 0 Å². The van der Waals surface area contributed by atoms with Gasteiger partial charge in [-0.25, -0.2) is 0 Å². The van der Waals surface area contributed by atoms with Crippen molar-refractivity contribution < 1.29 is 9.53 Å². The number of aromatic amines is 1. The van der Waals surface area contributed by atoms with E-state index in [4.69, 9.17) is 4.74 Å². The van der Waals surface area contributed by atoms with Crippen LogP contribution in [0.4, 0.5) is 5.95 Å². The van der Waals surface area contributed by atoms with Gasteiger partial charge in [-0.1, -0.05) is 43.8 Å². The minimum absolute atomic E-state index is 0.113. The van der Waals surface area contributed by atoms with E-state index in [-0.39, 0.29) is 11.0 Å². The van der Waals surface area contributed by atoms with Gasteiger partial charge in [-0.15, -0.1) is 10.2 Å². The van der Waals surface area contributed by atoms with E-state index in [1.54, 1.807) is 0 Å². The number of thioether (sulfide) groups is 1. The SMILES string of the molecule is Cc1[nH]c2ccccc2c1C(=O)[C@H](C)Sc1nnc(N2CCOCC2)n1CC(C)C. The maximum atomic E-state index is 13.4. The molecule has 1 aromatic carbocycles. The third-order valence-electron chi connectivity index (χ3n) is 5.33. The van der Waals surface area contributed by atoms with Crippen molar-refractivity contribution in [1.29, 1.82) is 0 Å². The summed E-state index contributed by atoms with van der Waals surface area (Å²) in [7, 11) is 0. The summed E-state index contributed by atoms with van der Waals surface area (Å²) in [6.45, 7) is 12.1. The summed E-state index contributed by atoms with van der Waals surface area (Å²) in [5, 5.41) is 10.5. The minimum atomic E-state index is -0.268. The number of hydrogen-bond donors (Lipinski definition) is 1. The first kappa shape index (κ1) is 20.9. The molecule has 0 radical (unpaired) electrons. The molecule has 1 aliphatic heterocycles. The van der Waals surface area contributed by atoms with Gasteiger partial charge in [0.15, 0.2) is 10.9 Å². The smallest absolute Gasteiger partial charge is 0.228 e. The molecule has 4 rings (SSSR count). The van der Waals surface area contributed by atoms with Crippen LogP contribution < -0.4 is 4.90 Å². The summed E-state index contributed by atoms with van der Waals surface area (Å²) in [5.74, 6) is 1.43. The van der Waals surface area contributed by atoms with E-state index < -0.39 is 0 Å². The van der Waals surface area contributed by atoms with Gasteiger partial charge in [0, 0.05) is 41.8 Å². The van der Waals surface area contributed by atoms with Gasteiger partial charge in [0.1, 0.15) is 0 Å². The molecule has 0 amide bonds. The van der Waals surface area contributed by atoms with Crippen molar-refractivity contribution in [3.8, 4) is 0 Å². The molecule has 30 heavy (non-hydrogen) atoms. The molecule has 1 fully saturated rings. The maximum Gasteiger partial charge on any atom is 0.228 e. The number of ketones is 1. The Balaban J connectivity index is 1.60. The average molecular weight is 428 g/mol. The van der Waals surface area contributed by atoms with E-state index >= 15 is 0 Å². The van der Waals surface area contributed by atoms with E-state index in [0.717, 1.165) is 52.9 Å². The molecule has 7 nitrogen and oxygen atoms in total. The number of carbonyl (C=O) groups excluding carboxylic acids is 1. The molecular formula is C22H29N5O2S.